The molecule has 0 saturated carbocycles. The molecule has 0 aliphatic carbocycles. The lowest BCUT2D eigenvalue weighted by Crippen LogP contribution is -2.41. The molecule has 0 unspecified atom stereocenters. The van der Waals surface area contributed by atoms with Gasteiger partial charge < -0.3 is 13.7 Å². The highest BCUT2D eigenvalue weighted by molar-refractivity contribution is 7.21. The van der Waals surface area contributed by atoms with Crippen molar-refractivity contribution >= 4 is 56.1 Å². The molecule has 1 saturated heterocycles. The Morgan fingerprint density at radius 2 is 1.38 bits per heavy atom. The van der Waals surface area contributed by atoms with E-state index in [2.05, 4.69) is 94.4 Å². The van der Waals surface area contributed by atoms with E-state index in [1.165, 1.54) is 11.1 Å². The average Bonchev–Trinajstić information content (AvgIpc) is 3.53. The van der Waals surface area contributed by atoms with Gasteiger partial charge in [-0.05, 0) is 44.9 Å². The number of fused-ring (bicyclic) bond motifs is 4. The lowest BCUT2D eigenvalue weighted by Gasteiger charge is -2.32. The first kappa shape index (κ1) is 22.7. The van der Waals surface area contributed by atoms with E-state index < -0.39 is 18.3 Å². The average molecular weight is 503 g/mol. The van der Waals surface area contributed by atoms with Crippen molar-refractivity contribution in [2.75, 3.05) is 0 Å². The second-order valence-corrected chi connectivity index (χ2v) is 11.7. The molecule has 0 spiro atoms. The summed E-state index contributed by atoms with van der Waals surface area (Å²) < 4.78 is 20.2. The largest absolute Gasteiger partial charge is 0.498 e. The van der Waals surface area contributed by atoms with Gasteiger partial charge in [0, 0.05) is 27.9 Å². The maximum absolute atomic E-state index is 6.44. The van der Waals surface area contributed by atoms with Crippen molar-refractivity contribution in [1.29, 1.82) is 0 Å². The number of aromatic nitrogens is 1. The maximum atomic E-state index is 6.44. The van der Waals surface area contributed by atoms with Crippen molar-refractivity contribution in [2.45, 2.75) is 38.9 Å². The zero-order valence-electron chi connectivity index (χ0n) is 21.2. The second-order valence-electron chi connectivity index (χ2n) is 10.7. The van der Waals surface area contributed by atoms with Crippen molar-refractivity contribution in [3.63, 3.8) is 0 Å². The van der Waals surface area contributed by atoms with Gasteiger partial charge in [-0.1, -0.05) is 72.8 Å². The van der Waals surface area contributed by atoms with Crippen LogP contribution < -0.4 is 5.46 Å². The molecule has 182 valence electrons. The monoisotopic (exact) mass is 503 g/mol. The van der Waals surface area contributed by atoms with Crippen LogP contribution in [0.5, 0.6) is 0 Å². The highest BCUT2D eigenvalue weighted by Gasteiger charge is 2.52. The van der Waals surface area contributed by atoms with Crippen LogP contribution in [0.15, 0.2) is 89.3 Å². The molecule has 37 heavy (non-hydrogen) atoms. The minimum Gasteiger partial charge on any atom is -0.456 e. The van der Waals surface area contributed by atoms with Gasteiger partial charge in [0.05, 0.1) is 21.4 Å². The molecule has 0 atom stereocenters. The lowest BCUT2D eigenvalue weighted by molar-refractivity contribution is 0.00578. The summed E-state index contributed by atoms with van der Waals surface area (Å²) in [5.41, 5.74) is 6.27. The Morgan fingerprint density at radius 3 is 2.11 bits per heavy atom. The highest BCUT2D eigenvalue weighted by atomic mass is 32.1. The van der Waals surface area contributed by atoms with Gasteiger partial charge in [0.2, 0.25) is 0 Å². The van der Waals surface area contributed by atoms with Crippen molar-refractivity contribution in [3.05, 3.63) is 84.9 Å². The molecule has 3 heterocycles. The fraction of sp³-hybridized carbons (Fsp3) is 0.194. The molecule has 4 nitrogen and oxygen atoms in total. The van der Waals surface area contributed by atoms with E-state index in [1.54, 1.807) is 11.3 Å². The van der Waals surface area contributed by atoms with E-state index in [-0.39, 0.29) is 0 Å². The number of para-hydroxylation sites is 1. The van der Waals surface area contributed by atoms with Gasteiger partial charge in [-0.25, -0.2) is 4.98 Å². The van der Waals surface area contributed by atoms with E-state index >= 15 is 0 Å². The summed E-state index contributed by atoms with van der Waals surface area (Å²) in [5.74, 6) is 0. The fourth-order valence-electron chi connectivity index (χ4n) is 4.96. The summed E-state index contributed by atoms with van der Waals surface area (Å²) >= 11 is 1.69. The number of hydrogen-bond acceptors (Lipinski definition) is 5. The standard InChI is InChI=1S/C31H26BNO3S/c1-30(2)31(3,4)36-32(35-30)24-12-8-11-22-23-17-25-27(18-26(23)34-28(22)24)37-29(33-25)21-15-13-20(14-16-21)19-9-6-5-7-10-19/h5-18H,1-4H3. The summed E-state index contributed by atoms with van der Waals surface area (Å²) in [7, 11) is -0.473. The first-order chi connectivity index (χ1) is 17.8. The Hall–Kier alpha value is -3.45. The number of rotatable bonds is 3. The van der Waals surface area contributed by atoms with Crippen molar-refractivity contribution in [1.82, 2.24) is 4.98 Å². The van der Waals surface area contributed by atoms with Crippen LogP contribution in [0.4, 0.5) is 0 Å². The molecule has 6 heteroatoms. The van der Waals surface area contributed by atoms with Crippen LogP contribution in [0, 0.1) is 0 Å². The van der Waals surface area contributed by atoms with Gasteiger partial charge >= 0.3 is 7.12 Å². The van der Waals surface area contributed by atoms with Crippen LogP contribution in [-0.2, 0) is 9.31 Å². The summed E-state index contributed by atoms with van der Waals surface area (Å²) in [6.07, 6.45) is 0. The molecule has 7 rings (SSSR count). The molecular formula is C31H26BNO3S. The third-order valence-electron chi connectivity index (χ3n) is 7.78. The number of nitrogens with zero attached hydrogens (tertiary/aromatic N) is 1. The zero-order chi connectivity index (χ0) is 25.4. The SMILES string of the molecule is CC1(C)OB(c2cccc3c2oc2cc4sc(-c5ccc(-c6ccccc6)cc5)nc4cc23)OC1(C)C. The number of benzene rings is 4. The molecule has 6 aromatic rings. The molecule has 0 N–H and O–H groups in total. The molecule has 0 radical (unpaired) electrons. The van der Waals surface area contributed by atoms with Crippen molar-refractivity contribution < 1.29 is 13.7 Å². The summed E-state index contributed by atoms with van der Waals surface area (Å²) in [5, 5.41) is 3.10. The Labute approximate surface area is 220 Å². The lowest BCUT2D eigenvalue weighted by atomic mass is 9.78. The van der Waals surface area contributed by atoms with Crippen LogP contribution in [0.3, 0.4) is 0 Å². The summed E-state index contributed by atoms with van der Waals surface area (Å²) in [6, 6.07) is 29.5. The van der Waals surface area contributed by atoms with Crippen LogP contribution in [0.25, 0.3) is 53.9 Å². The minimum atomic E-state index is -0.473. The second kappa shape index (κ2) is 8.03. The Kier molecular flexibility index (Phi) is 4.93. The smallest absolute Gasteiger partial charge is 0.456 e. The summed E-state index contributed by atoms with van der Waals surface area (Å²) in [6.45, 7) is 8.27. The van der Waals surface area contributed by atoms with E-state index in [1.807, 2.05) is 18.2 Å². The molecule has 4 aromatic carbocycles. The van der Waals surface area contributed by atoms with Gasteiger partial charge in [0.15, 0.2) is 0 Å². The Morgan fingerprint density at radius 1 is 0.703 bits per heavy atom. The predicted molar refractivity (Wildman–Crippen MR) is 153 cm³/mol. The molecule has 1 aliphatic heterocycles. The first-order valence-corrected chi connectivity index (χ1v) is 13.4. The third-order valence-corrected chi connectivity index (χ3v) is 8.85. The van der Waals surface area contributed by atoms with E-state index in [0.29, 0.717) is 0 Å². The van der Waals surface area contributed by atoms with Gasteiger partial charge in [0.1, 0.15) is 16.2 Å². The Bertz CT molecular complexity index is 1770. The molecular weight excluding hydrogens is 477 g/mol. The predicted octanol–water partition coefficient (Wildman–Crippen LogP) is 7.83. The highest BCUT2D eigenvalue weighted by Crippen LogP contribution is 2.39. The van der Waals surface area contributed by atoms with Crippen LogP contribution in [-0.4, -0.2) is 23.3 Å². The van der Waals surface area contributed by atoms with E-state index in [0.717, 1.165) is 48.2 Å². The van der Waals surface area contributed by atoms with Gasteiger partial charge in [-0.3, -0.25) is 0 Å². The van der Waals surface area contributed by atoms with Gasteiger partial charge in [-0.2, -0.15) is 0 Å². The first-order valence-electron chi connectivity index (χ1n) is 12.6. The number of thiazole rings is 1. The molecule has 2 aromatic heterocycles. The Balaban J connectivity index is 1.28. The van der Waals surface area contributed by atoms with Gasteiger partial charge in [0.25, 0.3) is 0 Å². The van der Waals surface area contributed by atoms with Crippen LogP contribution >= 0.6 is 11.3 Å². The quantitative estimate of drug-likeness (QED) is 0.231. The topological polar surface area (TPSA) is 44.5 Å². The summed E-state index contributed by atoms with van der Waals surface area (Å²) in [4.78, 5) is 4.99. The number of furan rings is 1. The molecule has 0 amide bonds. The van der Waals surface area contributed by atoms with Crippen molar-refractivity contribution in [2.24, 2.45) is 0 Å². The van der Waals surface area contributed by atoms with Gasteiger partial charge in [-0.15, -0.1) is 11.3 Å². The fourth-order valence-corrected chi connectivity index (χ4v) is 5.94. The number of hydrogen-bond donors (Lipinski definition) is 0. The normalized spacial score (nSPS) is 16.8. The minimum absolute atomic E-state index is 0.409. The molecule has 1 aliphatic rings. The van der Waals surface area contributed by atoms with Crippen LogP contribution in [0.2, 0.25) is 0 Å². The molecule has 1 fully saturated rings. The zero-order valence-corrected chi connectivity index (χ0v) is 22.1. The maximum Gasteiger partial charge on any atom is 0.498 e. The molecule has 0 bridgehead atoms. The third kappa shape index (κ3) is 3.63. The van der Waals surface area contributed by atoms with Crippen molar-refractivity contribution in [3.8, 4) is 21.7 Å². The van der Waals surface area contributed by atoms with Crippen LogP contribution in [0.1, 0.15) is 27.7 Å². The van der Waals surface area contributed by atoms with E-state index in [4.69, 9.17) is 18.7 Å². The van der Waals surface area contributed by atoms with E-state index in [9.17, 15) is 0 Å².